The molecule has 4 heteroatoms. The van der Waals surface area contributed by atoms with E-state index in [9.17, 15) is 0 Å². The van der Waals surface area contributed by atoms with Gasteiger partial charge < -0.3 is 15.0 Å². The molecule has 0 unspecified atom stereocenters. The van der Waals surface area contributed by atoms with Gasteiger partial charge in [0.25, 0.3) is 0 Å². The maximum Gasteiger partial charge on any atom is 1.00 e. The molecule has 0 aromatic heterocycles. The van der Waals surface area contributed by atoms with Crippen molar-refractivity contribution in [1.29, 1.82) is 0 Å². The molecule has 0 heterocycles. The quantitative estimate of drug-likeness (QED) is 0.565. The van der Waals surface area contributed by atoms with Crippen LogP contribution in [0, 0.1) is 0 Å². The van der Waals surface area contributed by atoms with Crippen molar-refractivity contribution in [3.05, 3.63) is 0 Å². The number of carboxylic acid groups (broad SMARTS) is 1. The van der Waals surface area contributed by atoms with E-state index in [0.717, 1.165) is 19.8 Å². The van der Waals surface area contributed by atoms with Gasteiger partial charge in [-0.15, -0.1) is 0 Å². The van der Waals surface area contributed by atoms with Crippen molar-refractivity contribution in [2.24, 2.45) is 0 Å². The monoisotopic (exact) mass is 266 g/mol. The fourth-order valence-electron chi connectivity index (χ4n) is 0.158. The van der Waals surface area contributed by atoms with Crippen LogP contribution in [0.4, 0.5) is 0 Å². The van der Waals surface area contributed by atoms with E-state index in [1.807, 2.05) is 0 Å². The van der Waals surface area contributed by atoms with Crippen molar-refractivity contribution < 1.29 is 83.9 Å². The molecule has 10 heavy (non-hydrogen) atoms. The minimum Gasteiger partial charge on any atom is -0.550 e. The number of carboxylic acids is 1. The molecule has 56 valence electrons. The summed E-state index contributed by atoms with van der Waals surface area (Å²) in [5.74, 6) is -1.08. The van der Waals surface area contributed by atoms with Gasteiger partial charge in [-0.2, -0.15) is 0 Å². The molecule has 0 fully saturated rings. The topological polar surface area (TPSA) is 60.4 Å². The van der Waals surface area contributed by atoms with E-state index in [1.54, 1.807) is 0 Å². The summed E-state index contributed by atoms with van der Waals surface area (Å²) in [7, 11) is 0. The minimum atomic E-state index is -1.08. The molecule has 3 nitrogen and oxygen atoms in total. The van der Waals surface area contributed by atoms with Crippen LogP contribution in [-0.4, -0.2) is 17.7 Å². The maximum absolute atomic E-state index is 8.89. The van der Waals surface area contributed by atoms with Gasteiger partial charge in [-0.25, -0.2) is 0 Å². The van der Waals surface area contributed by atoms with Gasteiger partial charge in [0.05, 0.1) is 0 Å². The average Bonchev–Trinajstić information content (AvgIpc) is 1.66. The summed E-state index contributed by atoms with van der Waals surface area (Å²) >= 11 is 0. The molecule has 0 amide bonds. The molecule has 0 aliphatic carbocycles. The Morgan fingerprint density at radius 2 is 1.90 bits per heavy atom. The van der Waals surface area contributed by atoms with E-state index in [-0.39, 0.29) is 68.9 Å². The van der Waals surface area contributed by atoms with Crippen LogP contribution in [-0.2, 0) is 4.79 Å². The van der Waals surface area contributed by atoms with E-state index in [2.05, 4.69) is 6.92 Å². The Bertz CT molecular complexity index is 60.0. The van der Waals surface area contributed by atoms with E-state index in [4.69, 9.17) is 15.0 Å². The predicted octanol–water partition coefficient (Wildman–Crippen LogP) is -3.46. The predicted molar refractivity (Wildman–Crippen MR) is 32.7 cm³/mol. The van der Waals surface area contributed by atoms with Crippen LogP contribution < -0.4 is 74.0 Å². The molecular formula is C6H13CsO3. The Kier molecular flexibility index (Phi) is 29.5. The Morgan fingerprint density at radius 1 is 1.60 bits per heavy atom. The number of carbonyl (C=O) groups excluding carboxylic acids is 1. The summed E-state index contributed by atoms with van der Waals surface area (Å²) in [6, 6.07) is 0. The molecule has 0 aromatic rings. The van der Waals surface area contributed by atoms with Crippen LogP contribution in [0.15, 0.2) is 0 Å². The number of hydrogen-bond donors (Lipinski definition) is 1. The molecule has 0 rings (SSSR count). The molecule has 0 aliphatic heterocycles. The number of unbranched alkanes of at least 4 members (excludes halogenated alkanes) is 1. The van der Waals surface area contributed by atoms with Gasteiger partial charge in [0, 0.05) is 12.6 Å². The third-order valence-electron chi connectivity index (χ3n) is 0.512. The number of hydrogen-bond acceptors (Lipinski definition) is 3. The number of rotatable bonds is 2. The zero-order valence-corrected chi connectivity index (χ0v) is 13.2. The second-order valence-corrected chi connectivity index (χ2v) is 1.57. The second kappa shape index (κ2) is 16.8. The van der Waals surface area contributed by atoms with Crippen LogP contribution in [0.5, 0.6) is 0 Å². The van der Waals surface area contributed by atoms with Crippen molar-refractivity contribution in [3.8, 4) is 0 Å². The number of aliphatic carboxylic acids is 1. The van der Waals surface area contributed by atoms with Crippen molar-refractivity contribution in [3.63, 3.8) is 0 Å². The van der Waals surface area contributed by atoms with E-state index in [1.165, 1.54) is 0 Å². The van der Waals surface area contributed by atoms with Gasteiger partial charge in [-0.05, 0) is 13.3 Å². The molecule has 1 N–H and O–H groups in total. The molecule has 0 saturated carbocycles. The Balaban J connectivity index is -0.0000000910. The molecular weight excluding hydrogens is 253 g/mol. The first-order valence-corrected chi connectivity index (χ1v) is 2.93. The fourth-order valence-corrected chi connectivity index (χ4v) is 0.158. The Morgan fingerprint density at radius 3 is 1.90 bits per heavy atom. The molecule has 0 aliphatic rings. The van der Waals surface area contributed by atoms with Crippen LogP contribution in [0.25, 0.3) is 0 Å². The smallest absolute Gasteiger partial charge is 0.550 e. The third-order valence-corrected chi connectivity index (χ3v) is 0.512. The Hall–Kier alpha value is 1.48. The standard InChI is InChI=1S/C4H10O.C2H4O2.Cs/c1-2-3-4-5;1-2(3)4;/h5H,2-4H2,1H3;1H3,(H,3,4);/q;;+1/p-1. The van der Waals surface area contributed by atoms with Gasteiger partial charge in [0.15, 0.2) is 0 Å². The van der Waals surface area contributed by atoms with Gasteiger partial charge in [0.2, 0.25) is 0 Å². The summed E-state index contributed by atoms with van der Waals surface area (Å²) in [6.07, 6.45) is 2.04. The van der Waals surface area contributed by atoms with Crippen LogP contribution in [0.2, 0.25) is 0 Å². The summed E-state index contributed by atoms with van der Waals surface area (Å²) in [4.78, 5) is 8.89. The maximum atomic E-state index is 8.89. The largest absolute Gasteiger partial charge is 1.00 e. The summed E-state index contributed by atoms with van der Waals surface area (Å²) in [6.45, 7) is 3.37. The molecule has 0 atom stereocenters. The number of aliphatic hydroxyl groups is 1. The Labute approximate surface area is 121 Å². The van der Waals surface area contributed by atoms with Crippen molar-refractivity contribution in [2.75, 3.05) is 6.61 Å². The van der Waals surface area contributed by atoms with Crippen molar-refractivity contribution in [1.82, 2.24) is 0 Å². The summed E-state index contributed by atoms with van der Waals surface area (Å²) in [5.41, 5.74) is 0. The van der Waals surface area contributed by atoms with Gasteiger partial charge in [-0.1, -0.05) is 13.3 Å². The second-order valence-electron chi connectivity index (χ2n) is 1.57. The SMILES string of the molecule is CC(=O)[O-].CCCCO.[Cs+]. The molecule has 0 saturated heterocycles. The van der Waals surface area contributed by atoms with E-state index < -0.39 is 5.97 Å². The van der Waals surface area contributed by atoms with Gasteiger partial charge in [-0.3, -0.25) is 0 Å². The minimum absolute atomic E-state index is 0. The third kappa shape index (κ3) is 56.3. The first kappa shape index (κ1) is 17.5. The normalized spacial score (nSPS) is 6.70. The first-order valence-electron chi connectivity index (χ1n) is 2.93. The number of carbonyl (C=O) groups is 1. The average molecular weight is 266 g/mol. The molecule has 0 aromatic carbocycles. The van der Waals surface area contributed by atoms with Crippen molar-refractivity contribution >= 4 is 5.97 Å². The van der Waals surface area contributed by atoms with E-state index in [0.29, 0.717) is 6.61 Å². The van der Waals surface area contributed by atoms with Gasteiger partial charge >= 0.3 is 68.9 Å². The van der Waals surface area contributed by atoms with Crippen molar-refractivity contribution in [2.45, 2.75) is 26.7 Å². The fraction of sp³-hybridized carbons (Fsp3) is 0.833. The zero-order chi connectivity index (χ0) is 7.70. The van der Waals surface area contributed by atoms with E-state index >= 15 is 0 Å². The molecule has 0 bridgehead atoms. The first-order chi connectivity index (χ1) is 4.15. The molecule has 0 spiro atoms. The molecule has 0 radical (unpaired) electrons. The summed E-state index contributed by atoms with van der Waals surface area (Å²) < 4.78 is 0. The van der Waals surface area contributed by atoms with Crippen LogP contribution >= 0.6 is 0 Å². The zero-order valence-electron chi connectivity index (χ0n) is 6.89. The van der Waals surface area contributed by atoms with Crippen LogP contribution in [0.1, 0.15) is 26.7 Å². The van der Waals surface area contributed by atoms with Gasteiger partial charge in [0.1, 0.15) is 0 Å². The summed E-state index contributed by atoms with van der Waals surface area (Å²) in [5, 5.41) is 17.0. The van der Waals surface area contributed by atoms with Crippen LogP contribution in [0.3, 0.4) is 0 Å². The number of aliphatic hydroxyl groups excluding tert-OH is 1.